The van der Waals surface area contributed by atoms with E-state index in [1.165, 1.54) is 16.7 Å². The molecular formula is C31H40O4. The molecule has 0 aliphatic heterocycles. The summed E-state index contributed by atoms with van der Waals surface area (Å²) in [6, 6.07) is 8.67. The maximum absolute atomic E-state index is 12.2. The van der Waals surface area contributed by atoms with Crippen LogP contribution in [0.15, 0.2) is 35.4 Å². The van der Waals surface area contributed by atoms with E-state index < -0.39 is 17.8 Å². The van der Waals surface area contributed by atoms with Gasteiger partial charge in [0.1, 0.15) is 5.78 Å². The van der Waals surface area contributed by atoms with Crippen molar-refractivity contribution in [2.75, 3.05) is 0 Å². The monoisotopic (exact) mass is 476 g/mol. The highest BCUT2D eigenvalue weighted by molar-refractivity contribution is 5.82. The van der Waals surface area contributed by atoms with Gasteiger partial charge in [-0.2, -0.15) is 0 Å². The fraction of sp³-hybridized carbons (Fsp3) is 0.645. The van der Waals surface area contributed by atoms with Crippen LogP contribution in [0, 0.1) is 35.0 Å². The third-order valence-electron chi connectivity index (χ3n) is 9.60. The van der Waals surface area contributed by atoms with Gasteiger partial charge in [0, 0.05) is 30.6 Å². The summed E-state index contributed by atoms with van der Waals surface area (Å²) in [6.45, 7) is 8.75. The Morgan fingerprint density at radius 1 is 1.11 bits per heavy atom. The van der Waals surface area contributed by atoms with Crippen LogP contribution < -0.4 is 0 Å². The van der Waals surface area contributed by atoms with Crippen LogP contribution in [0.3, 0.4) is 0 Å². The van der Waals surface area contributed by atoms with Gasteiger partial charge < -0.3 is 15.3 Å². The maximum atomic E-state index is 12.2. The predicted octanol–water partition coefficient (Wildman–Crippen LogP) is 4.49. The van der Waals surface area contributed by atoms with E-state index in [4.69, 9.17) is 0 Å². The Kier molecular flexibility index (Phi) is 6.07. The molecule has 0 radical (unpaired) electrons. The van der Waals surface area contributed by atoms with Crippen molar-refractivity contribution in [1.82, 2.24) is 0 Å². The number of ketones is 1. The zero-order valence-electron chi connectivity index (χ0n) is 21.6. The second kappa shape index (κ2) is 8.58. The number of aliphatic hydroxyl groups excluding tert-OH is 2. The number of rotatable bonds is 1. The van der Waals surface area contributed by atoms with E-state index in [-0.39, 0.29) is 40.8 Å². The Bertz CT molecular complexity index is 1100. The third-order valence-corrected chi connectivity index (χ3v) is 9.60. The number of carbonyl (C=O) groups is 1. The smallest absolute Gasteiger partial charge is 0.136 e. The number of hydrogen-bond donors (Lipinski definition) is 3. The largest absolute Gasteiger partial charge is 0.390 e. The summed E-state index contributed by atoms with van der Waals surface area (Å²) in [5, 5.41) is 33.1. The molecule has 4 aliphatic carbocycles. The minimum atomic E-state index is -1.03. The first kappa shape index (κ1) is 24.8. The van der Waals surface area contributed by atoms with Crippen molar-refractivity contribution < 1.29 is 20.1 Å². The molecule has 3 fully saturated rings. The van der Waals surface area contributed by atoms with Crippen molar-refractivity contribution in [3.63, 3.8) is 0 Å². The number of aliphatic hydroxyl groups is 3. The van der Waals surface area contributed by atoms with E-state index in [1.807, 2.05) is 0 Å². The van der Waals surface area contributed by atoms with Crippen LogP contribution in [0.5, 0.6) is 0 Å². The highest BCUT2D eigenvalue weighted by Gasteiger charge is 2.60. The van der Waals surface area contributed by atoms with Crippen LogP contribution in [0.4, 0.5) is 0 Å². The molecule has 1 aromatic carbocycles. The topological polar surface area (TPSA) is 77.8 Å². The normalized spacial score (nSPS) is 38.8. The molecule has 1 aromatic rings. The summed E-state index contributed by atoms with van der Waals surface area (Å²) < 4.78 is 0. The van der Waals surface area contributed by atoms with Gasteiger partial charge in [0.05, 0.1) is 17.8 Å². The van der Waals surface area contributed by atoms with E-state index >= 15 is 0 Å². The van der Waals surface area contributed by atoms with Gasteiger partial charge in [0.25, 0.3) is 0 Å². The van der Waals surface area contributed by atoms with Crippen molar-refractivity contribution in [2.24, 2.45) is 23.2 Å². The zero-order chi connectivity index (χ0) is 25.2. The number of allylic oxidation sites excluding steroid dienone is 1. The Balaban J connectivity index is 1.49. The summed E-state index contributed by atoms with van der Waals surface area (Å²) in [6.07, 6.45) is 3.16. The molecule has 4 heteroatoms. The fourth-order valence-electron chi connectivity index (χ4n) is 7.62. The Morgan fingerprint density at radius 3 is 2.51 bits per heavy atom. The first-order chi connectivity index (χ1) is 16.4. The van der Waals surface area contributed by atoms with Gasteiger partial charge in [-0.3, -0.25) is 4.79 Å². The van der Waals surface area contributed by atoms with E-state index in [0.717, 1.165) is 12.0 Å². The van der Waals surface area contributed by atoms with E-state index in [9.17, 15) is 20.1 Å². The van der Waals surface area contributed by atoms with Crippen molar-refractivity contribution >= 4 is 5.78 Å². The van der Waals surface area contributed by atoms with Gasteiger partial charge in [0.15, 0.2) is 0 Å². The van der Waals surface area contributed by atoms with Gasteiger partial charge in [-0.25, -0.2) is 0 Å². The molecule has 4 aliphatic rings. The van der Waals surface area contributed by atoms with Gasteiger partial charge >= 0.3 is 0 Å². The molecule has 0 bridgehead atoms. The van der Waals surface area contributed by atoms with Crippen LogP contribution >= 0.6 is 0 Å². The maximum Gasteiger partial charge on any atom is 0.136 e. The molecule has 7 atom stereocenters. The van der Waals surface area contributed by atoms with Crippen molar-refractivity contribution in [3.8, 4) is 11.8 Å². The quantitative estimate of drug-likeness (QED) is 0.412. The minimum Gasteiger partial charge on any atom is -0.390 e. The summed E-state index contributed by atoms with van der Waals surface area (Å²) in [5.74, 6) is 7.44. The third kappa shape index (κ3) is 4.20. The van der Waals surface area contributed by atoms with Crippen LogP contribution in [0.2, 0.25) is 0 Å². The lowest BCUT2D eigenvalue weighted by molar-refractivity contribution is -0.126. The first-order valence-corrected chi connectivity index (χ1v) is 13.3. The van der Waals surface area contributed by atoms with Crippen LogP contribution in [-0.4, -0.2) is 38.9 Å². The van der Waals surface area contributed by atoms with Crippen molar-refractivity contribution in [1.29, 1.82) is 0 Å². The van der Waals surface area contributed by atoms with E-state index in [2.05, 4.69) is 63.8 Å². The number of fused-ring (bicyclic) bond motifs is 4. The summed E-state index contributed by atoms with van der Waals surface area (Å²) >= 11 is 0. The van der Waals surface area contributed by atoms with Crippen LogP contribution in [0.1, 0.15) is 83.8 Å². The molecular weight excluding hydrogens is 436 g/mol. The average Bonchev–Trinajstić information content (AvgIpc) is 3.01. The minimum absolute atomic E-state index is 0.0647. The van der Waals surface area contributed by atoms with Crippen LogP contribution in [0.25, 0.3) is 0 Å². The first-order valence-electron chi connectivity index (χ1n) is 13.3. The molecule has 188 valence electrons. The molecule has 2 unspecified atom stereocenters. The van der Waals surface area contributed by atoms with Crippen molar-refractivity contribution in [2.45, 2.75) is 102 Å². The van der Waals surface area contributed by atoms with Gasteiger partial charge in [-0.15, -0.1) is 0 Å². The highest BCUT2D eigenvalue weighted by atomic mass is 16.3. The van der Waals surface area contributed by atoms with Crippen LogP contribution in [-0.2, 0) is 16.6 Å². The molecule has 0 amide bonds. The van der Waals surface area contributed by atoms with E-state index in [1.54, 1.807) is 0 Å². The Labute approximate surface area is 209 Å². The molecule has 0 saturated heterocycles. The molecule has 5 rings (SSSR count). The zero-order valence-corrected chi connectivity index (χ0v) is 21.6. The molecule has 0 aromatic heterocycles. The van der Waals surface area contributed by atoms with Gasteiger partial charge in [0.2, 0.25) is 0 Å². The Morgan fingerprint density at radius 2 is 1.83 bits per heavy atom. The average molecular weight is 477 g/mol. The fourth-order valence-corrected chi connectivity index (χ4v) is 7.62. The molecule has 3 N–H and O–H groups in total. The molecule has 0 spiro atoms. The highest BCUT2D eigenvalue weighted by Crippen LogP contribution is 2.62. The summed E-state index contributed by atoms with van der Waals surface area (Å²) in [5.41, 5.74) is 3.45. The SMILES string of the molecule is CC(C)(C)c1ccc(CC#CC2C[C@]3(C)C(O)[C@H](O)C[C@H]3[C@@H]3CC[C@@]4(O)CC(=O)CCC4=C23)cc1. The Hall–Kier alpha value is -1.93. The molecule has 35 heavy (non-hydrogen) atoms. The number of Topliss-reactive ketones (excluding diaryl/α,β-unsaturated/α-hetero) is 1. The number of carbonyl (C=O) groups excluding carboxylic acids is 1. The molecule has 4 nitrogen and oxygen atoms in total. The van der Waals surface area contributed by atoms with E-state index in [0.29, 0.717) is 38.5 Å². The van der Waals surface area contributed by atoms with Gasteiger partial charge in [-0.1, -0.05) is 63.8 Å². The molecule has 3 saturated carbocycles. The lowest BCUT2D eigenvalue weighted by Crippen LogP contribution is -2.50. The van der Waals surface area contributed by atoms with Crippen molar-refractivity contribution in [3.05, 3.63) is 46.5 Å². The number of benzene rings is 1. The lowest BCUT2D eigenvalue weighted by atomic mass is 9.52. The standard InChI is InChI=1S/C31H40O4/c1-29(2,3)21-10-8-19(9-11-21)6-5-7-20-17-30(4)25(16-26(33)28(30)34)23-14-15-31(35)18-22(32)12-13-24(31)27(20)23/h8-11,20,23,25-26,28,33-35H,6,12-18H2,1-4H3/t20?,23-,25-,26+,28?,30-,31+/m0/s1. The number of hydrogen-bond acceptors (Lipinski definition) is 4. The molecule has 0 heterocycles. The summed E-state index contributed by atoms with van der Waals surface area (Å²) in [4.78, 5) is 12.2. The lowest BCUT2D eigenvalue weighted by Gasteiger charge is -2.53. The second-order valence-electron chi connectivity index (χ2n) is 12.9. The summed E-state index contributed by atoms with van der Waals surface area (Å²) in [7, 11) is 0. The predicted molar refractivity (Wildman–Crippen MR) is 137 cm³/mol. The second-order valence-corrected chi connectivity index (χ2v) is 12.9. The van der Waals surface area contributed by atoms with Gasteiger partial charge in [-0.05, 0) is 71.6 Å².